The Morgan fingerprint density at radius 3 is 2.65 bits per heavy atom. The van der Waals surface area contributed by atoms with E-state index in [0.29, 0.717) is 18.8 Å². The highest BCUT2D eigenvalue weighted by Crippen LogP contribution is 2.49. The molecular weight excluding hydrogens is 214 g/mol. The number of rotatable bonds is 5. The molecule has 0 spiro atoms. The number of aliphatic hydroxyl groups is 1. The number of amides is 1. The zero-order valence-corrected chi connectivity index (χ0v) is 11.0. The van der Waals surface area contributed by atoms with Crippen molar-refractivity contribution in [1.82, 2.24) is 5.32 Å². The predicted molar refractivity (Wildman–Crippen MR) is 67.5 cm³/mol. The second-order valence-electron chi connectivity index (χ2n) is 6.54. The van der Waals surface area contributed by atoms with E-state index in [9.17, 15) is 4.79 Å². The van der Waals surface area contributed by atoms with Crippen molar-refractivity contribution in [2.75, 3.05) is 6.61 Å². The third-order valence-electron chi connectivity index (χ3n) is 4.55. The van der Waals surface area contributed by atoms with E-state index in [1.165, 1.54) is 25.7 Å². The lowest BCUT2D eigenvalue weighted by atomic mass is 9.86. The van der Waals surface area contributed by atoms with Crippen molar-refractivity contribution in [2.24, 2.45) is 17.8 Å². The van der Waals surface area contributed by atoms with Crippen LogP contribution in [0.4, 0.5) is 0 Å². The second-order valence-corrected chi connectivity index (χ2v) is 6.54. The minimum atomic E-state index is -0.274. The van der Waals surface area contributed by atoms with Crippen molar-refractivity contribution in [3.05, 3.63) is 0 Å². The van der Waals surface area contributed by atoms with Crippen LogP contribution < -0.4 is 5.32 Å². The molecule has 0 radical (unpaired) electrons. The molecule has 3 unspecified atom stereocenters. The summed E-state index contributed by atoms with van der Waals surface area (Å²) in [5.41, 5.74) is -0.274. The highest BCUT2D eigenvalue weighted by molar-refractivity contribution is 5.77. The van der Waals surface area contributed by atoms with E-state index in [1.807, 2.05) is 13.8 Å². The van der Waals surface area contributed by atoms with E-state index in [4.69, 9.17) is 5.11 Å². The maximum atomic E-state index is 12.0. The molecular formula is C14H25NO2. The summed E-state index contributed by atoms with van der Waals surface area (Å²) in [4.78, 5) is 12.0. The normalized spacial score (nSPS) is 31.8. The zero-order valence-electron chi connectivity index (χ0n) is 11.0. The summed E-state index contributed by atoms with van der Waals surface area (Å²) in [6, 6.07) is 0. The van der Waals surface area contributed by atoms with Crippen LogP contribution in [0.15, 0.2) is 0 Å². The molecule has 3 nitrogen and oxygen atoms in total. The average molecular weight is 239 g/mol. The third kappa shape index (κ3) is 3.21. The summed E-state index contributed by atoms with van der Waals surface area (Å²) in [5, 5.41) is 12.0. The zero-order chi connectivity index (χ0) is 12.5. The van der Waals surface area contributed by atoms with E-state index in [1.54, 1.807) is 0 Å². The van der Waals surface area contributed by atoms with Gasteiger partial charge in [0.2, 0.25) is 5.91 Å². The first-order valence-electron chi connectivity index (χ1n) is 6.92. The Balaban J connectivity index is 1.78. The van der Waals surface area contributed by atoms with E-state index in [0.717, 1.165) is 11.8 Å². The molecule has 3 heteroatoms. The van der Waals surface area contributed by atoms with Crippen LogP contribution in [0.2, 0.25) is 0 Å². The molecule has 17 heavy (non-hydrogen) atoms. The lowest BCUT2D eigenvalue weighted by molar-refractivity contribution is -0.124. The Kier molecular flexibility index (Phi) is 3.76. The van der Waals surface area contributed by atoms with Gasteiger partial charge in [-0.2, -0.15) is 0 Å². The number of fused-ring (bicyclic) bond motifs is 2. The lowest BCUT2D eigenvalue weighted by Crippen LogP contribution is -2.44. The van der Waals surface area contributed by atoms with Gasteiger partial charge in [-0.15, -0.1) is 0 Å². The van der Waals surface area contributed by atoms with Gasteiger partial charge in [-0.1, -0.05) is 6.42 Å². The van der Waals surface area contributed by atoms with Gasteiger partial charge in [0.15, 0.2) is 0 Å². The second kappa shape index (κ2) is 4.97. The van der Waals surface area contributed by atoms with Gasteiger partial charge in [0.05, 0.1) is 0 Å². The maximum Gasteiger partial charge on any atom is 0.220 e. The number of carbonyl (C=O) groups is 1. The van der Waals surface area contributed by atoms with Crippen LogP contribution in [-0.4, -0.2) is 23.2 Å². The SMILES string of the molecule is CC(C)(CCO)NC(=O)CC1CC2CCC1C2. The monoisotopic (exact) mass is 239 g/mol. The Morgan fingerprint density at radius 1 is 1.35 bits per heavy atom. The van der Waals surface area contributed by atoms with Gasteiger partial charge in [0, 0.05) is 18.6 Å². The van der Waals surface area contributed by atoms with Crippen LogP contribution in [0.3, 0.4) is 0 Å². The first-order valence-corrected chi connectivity index (χ1v) is 6.92. The molecule has 0 heterocycles. The highest BCUT2D eigenvalue weighted by Gasteiger charge is 2.40. The fourth-order valence-electron chi connectivity index (χ4n) is 3.64. The molecule has 2 N–H and O–H groups in total. The fourth-order valence-corrected chi connectivity index (χ4v) is 3.64. The highest BCUT2D eigenvalue weighted by atomic mass is 16.3. The number of nitrogens with one attached hydrogen (secondary N) is 1. The summed E-state index contributed by atoms with van der Waals surface area (Å²) >= 11 is 0. The summed E-state index contributed by atoms with van der Waals surface area (Å²) in [6.07, 6.45) is 6.66. The molecule has 2 saturated carbocycles. The minimum Gasteiger partial charge on any atom is -0.396 e. The molecule has 0 aliphatic heterocycles. The topological polar surface area (TPSA) is 49.3 Å². The van der Waals surface area contributed by atoms with Gasteiger partial charge in [0.25, 0.3) is 0 Å². The molecule has 2 aliphatic carbocycles. The Labute approximate surface area is 104 Å². The Bertz CT molecular complexity index is 288. The molecule has 2 rings (SSSR count). The van der Waals surface area contributed by atoms with Crippen molar-refractivity contribution < 1.29 is 9.90 Å². The number of carbonyl (C=O) groups excluding carboxylic acids is 1. The fraction of sp³-hybridized carbons (Fsp3) is 0.929. The van der Waals surface area contributed by atoms with Crippen molar-refractivity contribution in [1.29, 1.82) is 0 Å². The van der Waals surface area contributed by atoms with E-state index in [-0.39, 0.29) is 18.1 Å². The summed E-state index contributed by atoms with van der Waals surface area (Å²) in [6.45, 7) is 4.07. The van der Waals surface area contributed by atoms with Crippen LogP contribution in [-0.2, 0) is 4.79 Å². The molecule has 0 aromatic carbocycles. The van der Waals surface area contributed by atoms with Crippen molar-refractivity contribution in [3.8, 4) is 0 Å². The van der Waals surface area contributed by atoms with E-state index < -0.39 is 0 Å². The molecule has 0 aromatic heterocycles. The molecule has 3 atom stereocenters. The van der Waals surface area contributed by atoms with Gasteiger partial charge in [-0.3, -0.25) is 4.79 Å². The molecule has 98 valence electrons. The lowest BCUT2D eigenvalue weighted by Gasteiger charge is -2.27. The standard InChI is InChI=1S/C14H25NO2/c1-14(2,5-6-16)15-13(17)9-12-8-10-3-4-11(12)7-10/h10-12,16H,3-9H2,1-2H3,(H,15,17). The molecule has 0 aromatic rings. The number of aliphatic hydroxyl groups excluding tert-OH is 1. The van der Waals surface area contributed by atoms with Crippen LogP contribution >= 0.6 is 0 Å². The largest absolute Gasteiger partial charge is 0.396 e. The summed E-state index contributed by atoms with van der Waals surface area (Å²) in [5.74, 6) is 2.51. The average Bonchev–Trinajstić information content (AvgIpc) is 2.77. The Morgan fingerprint density at radius 2 is 2.12 bits per heavy atom. The van der Waals surface area contributed by atoms with Crippen LogP contribution in [0.5, 0.6) is 0 Å². The summed E-state index contributed by atoms with van der Waals surface area (Å²) in [7, 11) is 0. The molecule has 2 aliphatic rings. The van der Waals surface area contributed by atoms with Crippen LogP contribution in [0, 0.1) is 17.8 Å². The molecule has 0 saturated heterocycles. The first-order chi connectivity index (χ1) is 8.00. The quantitative estimate of drug-likeness (QED) is 0.772. The number of hydrogen-bond donors (Lipinski definition) is 2. The van der Waals surface area contributed by atoms with Crippen molar-refractivity contribution >= 4 is 5.91 Å². The van der Waals surface area contributed by atoms with E-state index in [2.05, 4.69) is 5.32 Å². The van der Waals surface area contributed by atoms with Gasteiger partial charge in [0.1, 0.15) is 0 Å². The Hall–Kier alpha value is -0.570. The molecule has 1 amide bonds. The maximum absolute atomic E-state index is 12.0. The third-order valence-corrected chi connectivity index (χ3v) is 4.55. The smallest absolute Gasteiger partial charge is 0.220 e. The first kappa shape index (κ1) is 12.9. The predicted octanol–water partition coefficient (Wildman–Crippen LogP) is 2.09. The number of hydrogen-bond acceptors (Lipinski definition) is 2. The van der Waals surface area contributed by atoms with Gasteiger partial charge in [-0.25, -0.2) is 0 Å². The van der Waals surface area contributed by atoms with Gasteiger partial charge in [-0.05, 0) is 57.3 Å². The van der Waals surface area contributed by atoms with Gasteiger partial charge < -0.3 is 10.4 Å². The van der Waals surface area contributed by atoms with Crippen LogP contribution in [0.25, 0.3) is 0 Å². The van der Waals surface area contributed by atoms with Crippen molar-refractivity contribution in [2.45, 2.75) is 57.9 Å². The minimum absolute atomic E-state index is 0.126. The van der Waals surface area contributed by atoms with Crippen molar-refractivity contribution in [3.63, 3.8) is 0 Å². The van der Waals surface area contributed by atoms with Crippen LogP contribution in [0.1, 0.15) is 52.4 Å². The van der Waals surface area contributed by atoms with Gasteiger partial charge >= 0.3 is 0 Å². The summed E-state index contributed by atoms with van der Waals surface area (Å²) < 4.78 is 0. The molecule has 2 bridgehead atoms. The molecule has 2 fully saturated rings. The van der Waals surface area contributed by atoms with E-state index >= 15 is 0 Å².